The number of hydrogen-bond acceptors (Lipinski definition) is 5. The summed E-state index contributed by atoms with van der Waals surface area (Å²) in [6.45, 7) is 1.20. The predicted molar refractivity (Wildman–Crippen MR) is 131 cm³/mol. The van der Waals surface area contributed by atoms with Gasteiger partial charge in [-0.15, -0.1) is 0 Å². The minimum atomic E-state index is -4.03. The molecule has 0 radical (unpaired) electrons. The topological polar surface area (TPSA) is 122 Å². The van der Waals surface area contributed by atoms with Crippen molar-refractivity contribution in [3.05, 3.63) is 89.7 Å². The number of rotatable bonds is 8. The van der Waals surface area contributed by atoms with Gasteiger partial charge in [-0.05, 0) is 67.4 Å². The van der Waals surface area contributed by atoms with Gasteiger partial charge in [0.25, 0.3) is 15.9 Å². The van der Waals surface area contributed by atoms with Crippen molar-refractivity contribution in [3.8, 4) is 0 Å². The summed E-state index contributed by atoms with van der Waals surface area (Å²) in [7, 11) is -4.03. The molecule has 182 valence electrons. The zero-order chi connectivity index (χ0) is 25.0. The molecule has 3 aromatic rings. The zero-order valence-electron chi connectivity index (χ0n) is 18.8. The predicted octanol–water partition coefficient (Wildman–Crippen LogP) is 3.33. The standard InChI is InChI=1S/C25H25FN4O4S/c26-20-7-2-4-9-22(20)29-35(33,34)19-13-11-17(12-14-19)25(32)28-21-8-3-1-6-18(21)16-30-15-5-10-23(30)24(27)31/h1-4,6-9,11-14,23,29H,5,10,15-16H2,(H2,27,31)(H,28,32). The Morgan fingerprint density at radius 1 is 0.971 bits per heavy atom. The number of anilines is 2. The highest BCUT2D eigenvalue weighted by atomic mass is 32.2. The molecule has 2 amide bonds. The van der Waals surface area contributed by atoms with Gasteiger partial charge in [0.05, 0.1) is 16.6 Å². The van der Waals surface area contributed by atoms with E-state index in [9.17, 15) is 22.4 Å². The Kier molecular flexibility index (Phi) is 7.13. The van der Waals surface area contributed by atoms with E-state index < -0.39 is 21.7 Å². The van der Waals surface area contributed by atoms with Crippen LogP contribution in [0.3, 0.4) is 0 Å². The number of nitrogens with zero attached hydrogens (tertiary/aromatic N) is 1. The Bertz CT molecular complexity index is 1350. The second-order valence-corrected chi connectivity index (χ2v) is 9.93. The molecule has 0 bridgehead atoms. The van der Waals surface area contributed by atoms with Crippen molar-refractivity contribution in [1.82, 2.24) is 4.90 Å². The van der Waals surface area contributed by atoms with Crippen LogP contribution in [-0.4, -0.2) is 37.7 Å². The van der Waals surface area contributed by atoms with Gasteiger partial charge in [0, 0.05) is 17.8 Å². The number of nitrogens with one attached hydrogen (secondary N) is 2. The fourth-order valence-corrected chi connectivity index (χ4v) is 5.13. The molecule has 3 aromatic carbocycles. The smallest absolute Gasteiger partial charge is 0.261 e. The Morgan fingerprint density at radius 3 is 2.31 bits per heavy atom. The van der Waals surface area contributed by atoms with E-state index in [0.717, 1.165) is 24.6 Å². The molecule has 1 aliphatic rings. The number of para-hydroxylation sites is 2. The monoisotopic (exact) mass is 496 g/mol. The molecule has 4 N–H and O–H groups in total. The number of likely N-dealkylation sites (tertiary alicyclic amines) is 1. The maximum Gasteiger partial charge on any atom is 0.261 e. The Labute approximate surface area is 203 Å². The molecule has 1 atom stereocenters. The SMILES string of the molecule is NC(=O)C1CCCN1Cc1ccccc1NC(=O)c1ccc(S(=O)(=O)Nc2ccccc2F)cc1. The van der Waals surface area contributed by atoms with Crippen LogP contribution in [0.1, 0.15) is 28.8 Å². The van der Waals surface area contributed by atoms with Crippen molar-refractivity contribution in [2.75, 3.05) is 16.6 Å². The van der Waals surface area contributed by atoms with Crippen LogP contribution in [0.4, 0.5) is 15.8 Å². The average Bonchev–Trinajstić information content (AvgIpc) is 3.30. The minimum absolute atomic E-state index is 0.107. The number of carbonyl (C=O) groups is 2. The van der Waals surface area contributed by atoms with Crippen molar-refractivity contribution in [1.29, 1.82) is 0 Å². The fourth-order valence-electron chi connectivity index (χ4n) is 4.06. The molecule has 8 nitrogen and oxygen atoms in total. The van der Waals surface area contributed by atoms with Crippen LogP contribution in [0, 0.1) is 5.82 Å². The Hall–Kier alpha value is -3.76. The molecule has 0 saturated carbocycles. The molecule has 1 fully saturated rings. The van der Waals surface area contributed by atoms with Gasteiger partial charge in [-0.1, -0.05) is 30.3 Å². The molecule has 35 heavy (non-hydrogen) atoms. The third-order valence-corrected chi connectivity index (χ3v) is 7.26. The van der Waals surface area contributed by atoms with Gasteiger partial charge in [-0.2, -0.15) is 0 Å². The first-order valence-electron chi connectivity index (χ1n) is 11.0. The Morgan fingerprint density at radius 2 is 1.63 bits per heavy atom. The van der Waals surface area contributed by atoms with Crippen LogP contribution < -0.4 is 15.8 Å². The summed E-state index contributed by atoms with van der Waals surface area (Å²) in [5.41, 5.74) is 7.02. The van der Waals surface area contributed by atoms with Gasteiger partial charge in [0.1, 0.15) is 5.82 Å². The molecule has 1 aliphatic heterocycles. The first-order chi connectivity index (χ1) is 16.7. The summed E-state index contributed by atoms with van der Waals surface area (Å²) in [4.78, 5) is 26.5. The number of carbonyl (C=O) groups excluding carboxylic acids is 2. The van der Waals surface area contributed by atoms with Crippen molar-refractivity contribution >= 4 is 33.2 Å². The summed E-state index contributed by atoms with van der Waals surface area (Å²) in [6, 6.07) is 17.7. The summed E-state index contributed by atoms with van der Waals surface area (Å²) < 4.78 is 41.2. The quantitative estimate of drug-likeness (QED) is 0.442. The maximum atomic E-state index is 13.8. The summed E-state index contributed by atoms with van der Waals surface area (Å²) in [6.07, 6.45) is 1.59. The van der Waals surface area contributed by atoms with Crippen molar-refractivity contribution in [3.63, 3.8) is 0 Å². The van der Waals surface area contributed by atoms with Gasteiger partial charge in [-0.3, -0.25) is 19.2 Å². The second-order valence-electron chi connectivity index (χ2n) is 8.25. The molecule has 1 heterocycles. The molecule has 1 unspecified atom stereocenters. The third kappa shape index (κ3) is 5.67. The highest BCUT2D eigenvalue weighted by molar-refractivity contribution is 7.92. The number of sulfonamides is 1. The highest BCUT2D eigenvalue weighted by Crippen LogP contribution is 2.25. The first-order valence-corrected chi connectivity index (χ1v) is 12.5. The molecular formula is C25H25FN4O4S. The molecule has 0 spiro atoms. The van der Waals surface area contributed by atoms with Gasteiger partial charge in [-0.25, -0.2) is 12.8 Å². The van der Waals surface area contributed by atoms with E-state index in [4.69, 9.17) is 5.73 Å². The number of halogens is 1. The number of amides is 2. The highest BCUT2D eigenvalue weighted by Gasteiger charge is 2.29. The first kappa shape index (κ1) is 24.4. The van der Waals surface area contributed by atoms with E-state index in [1.54, 1.807) is 12.1 Å². The third-order valence-electron chi connectivity index (χ3n) is 5.88. The molecule has 1 saturated heterocycles. The van der Waals surface area contributed by atoms with Crippen LogP contribution in [0.15, 0.2) is 77.7 Å². The van der Waals surface area contributed by atoms with E-state index in [1.165, 1.54) is 42.5 Å². The number of hydrogen-bond donors (Lipinski definition) is 3. The molecule has 0 aromatic heterocycles. The van der Waals surface area contributed by atoms with E-state index in [1.807, 2.05) is 17.0 Å². The Balaban J connectivity index is 1.47. The lowest BCUT2D eigenvalue weighted by molar-refractivity contribution is -0.122. The number of primary amides is 1. The number of benzene rings is 3. The lowest BCUT2D eigenvalue weighted by atomic mass is 10.1. The van der Waals surface area contributed by atoms with E-state index in [-0.39, 0.29) is 28.1 Å². The average molecular weight is 497 g/mol. The van der Waals surface area contributed by atoms with Gasteiger partial charge < -0.3 is 11.1 Å². The normalized spacial score (nSPS) is 16.1. The molecular weight excluding hydrogens is 471 g/mol. The van der Waals surface area contributed by atoms with Crippen molar-refractivity contribution in [2.45, 2.75) is 30.3 Å². The lowest BCUT2D eigenvalue weighted by Gasteiger charge is -2.23. The van der Waals surface area contributed by atoms with Gasteiger partial charge >= 0.3 is 0 Å². The molecule has 4 rings (SSSR count). The van der Waals surface area contributed by atoms with Crippen molar-refractivity contribution in [2.24, 2.45) is 5.73 Å². The fraction of sp³-hybridized carbons (Fsp3) is 0.200. The maximum absolute atomic E-state index is 13.8. The zero-order valence-corrected chi connectivity index (χ0v) is 19.6. The van der Waals surface area contributed by atoms with Crippen LogP contribution in [0.25, 0.3) is 0 Å². The molecule has 0 aliphatic carbocycles. The summed E-state index contributed by atoms with van der Waals surface area (Å²) in [5.74, 6) is -1.47. The van der Waals surface area contributed by atoms with E-state index in [2.05, 4.69) is 10.0 Å². The summed E-state index contributed by atoms with van der Waals surface area (Å²) >= 11 is 0. The lowest BCUT2D eigenvalue weighted by Crippen LogP contribution is -2.39. The van der Waals surface area contributed by atoms with Gasteiger partial charge in [0.15, 0.2) is 0 Å². The summed E-state index contributed by atoms with van der Waals surface area (Å²) in [5, 5.41) is 2.85. The van der Waals surface area contributed by atoms with Gasteiger partial charge in [0.2, 0.25) is 5.91 Å². The molecule has 10 heteroatoms. The number of nitrogens with two attached hydrogens (primary N) is 1. The van der Waals surface area contributed by atoms with Crippen molar-refractivity contribution < 1.29 is 22.4 Å². The van der Waals surface area contributed by atoms with Crippen LogP contribution >= 0.6 is 0 Å². The van der Waals surface area contributed by atoms with Crippen LogP contribution in [-0.2, 0) is 21.4 Å². The largest absolute Gasteiger partial charge is 0.368 e. The van der Waals surface area contributed by atoms with Crippen LogP contribution in [0.5, 0.6) is 0 Å². The van der Waals surface area contributed by atoms with E-state index >= 15 is 0 Å². The van der Waals surface area contributed by atoms with Crippen LogP contribution in [0.2, 0.25) is 0 Å². The second kappa shape index (κ2) is 10.2. The minimum Gasteiger partial charge on any atom is -0.368 e. The van der Waals surface area contributed by atoms with E-state index in [0.29, 0.717) is 18.7 Å².